The third-order valence-corrected chi connectivity index (χ3v) is 3.87. The monoisotopic (exact) mass is 299 g/mol. The first kappa shape index (κ1) is 15.4. The summed E-state index contributed by atoms with van der Waals surface area (Å²) in [4.78, 5) is 0. The molecule has 1 fully saturated rings. The van der Waals surface area contributed by atoms with Crippen molar-refractivity contribution in [1.82, 2.24) is 5.32 Å². The van der Waals surface area contributed by atoms with E-state index in [-0.39, 0.29) is 0 Å². The van der Waals surface area contributed by atoms with Gasteiger partial charge in [-0.15, -0.1) is 0 Å². The average Bonchev–Trinajstić information content (AvgIpc) is 2.40. The van der Waals surface area contributed by atoms with Crippen LogP contribution in [0.5, 0.6) is 11.5 Å². The summed E-state index contributed by atoms with van der Waals surface area (Å²) in [6.45, 7) is 3.60. The van der Waals surface area contributed by atoms with E-state index >= 15 is 0 Å². The highest BCUT2D eigenvalue weighted by atomic mass is 35.5. The van der Waals surface area contributed by atoms with E-state index in [4.69, 9.17) is 25.8 Å². The van der Waals surface area contributed by atoms with Gasteiger partial charge in [0.1, 0.15) is 0 Å². The van der Waals surface area contributed by atoms with Crippen LogP contribution in [-0.4, -0.2) is 33.0 Å². The van der Waals surface area contributed by atoms with Crippen LogP contribution in [0.25, 0.3) is 0 Å². The van der Waals surface area contributed by atoms with Crippen LogP contribution in [0.3, 0.4) is 0 Å². The second kappa shape index (κ2) is 7.16. The number of rotatable bonds is 7. The largest absolute Gasteiger partial charge is 0.493 e. The molecule has 1 aromatic rings. The van der Waals surface area contributed by atoms with E-state index in [1.807, 2.05) is 19.1 Å². The lowest BCUT2D eigenvalue weighted by Crippen LogP contribution is -2.45. The van der Waals surface area contributed by atoms with Crippen molar-refractivity contribution in [3.8, 4) is 11.5 Å². The zero-order valence-electron chi connectivity index (χ0n) is 12.2. The fourth-order valence-electron chi connectivity index (χ4n) is 2.44. The molecule has 112 valence electrons. The van der Waals surface area contributed by atoms with Crippen LogP contribution < -0.4 is 14.8 Å². The highest BCUT2D eigenvalue weighted by Crippen LogP contribution is 2.36. The standard InChI is InChI=1S/C15H22ClNO3/c1-4-20-12-7-11(8-12)17-9-10-5-13(16)15(19-3)14(6-10)18-2/h5-6,11-12,17H,4,7-9H2,1-3H3. The predicted octanol–water partition coefficient (Wildman–Crippen LogP) is 3.01. The Morgan fingerprint density at radius 1 is 1.25 bits per heavy atom. The van der Waals surface area contributed by atoms with Crippen LogP contribution >= 0.6 is 11.6 Å². The molecular weight excluding hydrogens is 278 g/mol. The molecule has 1 aromatic carbocycles. The number of nitrogens with one attached hydrogen (secondary N) is 1. The molecule has 1 aliphatic carbocycles. The number of hydrogen-bond donors (Lipinski definition) is 1. The first-order valence-electron chi connectivity index (χ1n) is 6.93. The molecule has 0 amide bonds. The summed E-state index contributed by atoms with van der Waals surface area (Å²) in [5.41, 5.74) is 1.09. The van der Waals surface area contributed by atoms with E-state index in [1.165, 1.54) is 0 Å². The molecule has 1 aliphatic rings. The molecule has 2 rings (SSSR count). The van der Waals surface area contributed by atoms with Gasteiger partial charge in [0, 0.05) is 19.2 Å². The minimum atomic E-state index is 0.423. The molecule has 0 spiro atoms. The summed E-state index contributed by atoms with van der Waals surface area (Å²) >= 11 is 6.19. The molecule has 0 radical (unpaired) electrons. The third-order valence-electron chi connectivity index (χ3n) is 3.59. The highest BCUT2D eigenvalue weighted by molar-refractivity contribution is 6.32. The molecule has 0 heterocycles. The molecule has 5 heteroatoms. The van der Waals surface area contributed by atoms with Gasteiger partial charge in [-0.05, 0) is 37.5 Å². The van der Waals surface area contributed by atoms with Gasteiger partial charge in [-0.3, -0.25) is 0 Å². The molecule has 0 bridgehead atoms. The van der Waals surface area contributed by atoms with E-state index < -0.39 is 0 Å². The van der Waals surface area contributed by atoms with Crippen LogP contribution in [0, 0.1) is 0 Å². The molecular formula is C15H22ClNO3. The van der Waals surface area contributed by atoms with Crippen LogP contribution in [-0.2, 0) is 11.3 Å². The Kier molecular flexibility index (Phi) is 5.52. The SMILES string of the molecule is CCOC1CC(NCc2cc(Cl)c(OC)c(OC)c2)C1. The van der Waals surface area contributed by atoms with Gasteiger partial charge in [0.25, 0.3) is 0 Å². The first-order valence-corrected chi connectivity index (χ1v) is 7.31. The molecule has 20 heavy (non-hydrogen) atoms. The summed E-state index contributed by atoms with van der Waals surface area (Å²) in [6, 6.07) is 4.39. The van der Waals surface area contributed by atoms with E-state index in [9.17, 15) is 0 Å². The van der Waals surface area contributed by atoms with Crippen molar-refractivity contribution >= 4 is 11.6 Å². The minimum absolute atomic E-state index is 0.423. The van der Waals surface area contributed by atoms with Gasteiger partial charge in [0.2, 0.25) is 0 Å². The van der Waals surface area contributed by atoms with E-state index in [1.54, 1.807) is 14.2 Å². The second-order valence-corrected chi connectivity index (χ2v) is 5.35. The van der Waals surface area contributed by atoms with Crippen molar-refractivity contribution in [2.24, 2.45) is 0 Å². The number of hydrogen-bond acceptors (Lipinski definition) is 4. The predicted molar refractivity (Wildman–Crippen MR) is 79.8 cm³/mol. The van der Waals surface area contributed by atoms with Gasteiger partial charge in [-0.2, -0.15) is 0 Å². The van der Waals surface area contributed by atoms with Gasteiger partial charge in [-0.1, -0.05) is 11.6 Å². The molecule has 4 nitrogen and oxygen atoms in total. The maximum absolute atomic E-state index is 6.19. The summed E-state index contributed by atoms with van der Waals surface area (Å²) in [7, 11) is 3.20. The molecule has 1 saturated carbocycles. The van der Waals surface area contributed by atoms with Gasteiger partial charge >= 0.3 is 0 Å². The fourth-order valence-corrected chi connectivity index (χ4v) is 2.75. The number of benzene rings is 1. The average molecular weight is 300 g/mol. The van der Waals surface area contributed by atoms with E-state index in [0.717, 1.165) is 31.6 Å². The number of ether oxygens (including phenoxy) is 3. The lowest BCUT2D eigenvalue weighted by atomic mass is 9.89. The molecule has 0 aromatic heterocycles. The van der Waals surface area contributed by atoms with Crippen molar-refractivity contribution in [1.29, 1.82) is 0 Å². The van der Waals surface area contributed by atoms with Gasteiger partial charge in [0.15, 0.2) is 11.5 Å². The molecule has 0 aliphatic heterocycles. The summed E-state index contributed by atoms with van der Waals surface area (Å²) in [5.74, 6) is 1.25. The Bertz CT molecular complexity index is 447. The zero-order chi connectivity index (χ0) is 14.5. The Morgan fingerprint density at radius 3 is 2.60 bits per heavy atom. The quantitative estimate of drug-likeness (QED) is 0.840. The summed E-state index contributed by atoms with van der Waals surface area (Å²) in [6.07, 6.45) is 2.58. The van der Waals surface area contributed by atoms with Crippen molar-refractivity contribution < 1.29 is 14.2 Å². The maximum Gasteiger partial charge on any atom is 0.179 e. The fraction of sp³-hybridized carbons (Fsp3) is 0.600. The lowest BCUT2D eigenvalue weighted by molar-refractivity contribution is -0.0102. The molecule has 0 saturated heterocycles. The highest BCUT2D eigenvalue weighted by Gasteiger charge is 2.28. The van der Waals surface area contributed by atoms with Crippen molar-refractivity contribution in [2.45, 2.75) is 38.5 Å². The van der Waals surface area contributed by atoms with Crippen LogP contribution in [0.1, 0.15) is 25.3 Å². The van der Waals surface area contributed by atoms with Crippen molar-refractivity contribution in [3.63, 3.8) is 0 Å². The van der Waals surface area contributed by atoms with E-state index in [0.29, 0.717) is 28.7 Å². The third kappa shape index (κ3) is 3.57. The Balaban J connectivity index is 1.89. The Morgan fingerprint density at radius 2 is 2.00 bits per heavy atom. The van der Waals surface area contributed by atoms with Gasteiger partial charge < -0.3 is 19.5 Å². The van der Waals surface area contributed by atoms with Gasteiger partial charge in [-0.25, -0.2) is 0 Å². The zero-order valence-corrected chi connectivity index (χ0v) is 13.0. The molecule has 0 atom stereocenters. The first-order chi connectivity index (χ1) is 9.67. The van der Waals surface area contributed by atoms with Crippen LogP contribution in [0.4, 0.5) is 0 Å². The molecule has 0 unspecified atom stereocenters. The maximum atomic E-state index is 6.19. The molecule has 1 N–H and O–H groups in total. The lowest BCUT2D eigenvalue weighted by Gasteiger charge is -2.35. The van der Waals surface area contributed by atoms with E-state index in [2.05, 4.69) is 5.32 Å². The minimum Gasteiger partial charge on any atom is -0.493 e. The van der Waals surface area contributed by atoms with Gasteiger partial charge in [0.05, 0.1) is 25.3 Å². The van der Waals surface area contributed by atoms with Crippen LogP contribution in [0.2, 0.25) is 5.02 Å². The smallest absolute Gasteiger partial charge is 0.179 e. The number of methoxy groups -OCH3 is 2. The second-order valence-electron chi connectivity index (χ2n) is 4.94. The number of halogens is 1. The topological polar surface area (TPSA) is 39.7 Å². The Labute approximate surface area is 125 Å². The summed E-state index contributed by atoms with van der Waals surface area (Å²) in [5, 5.41) is 4.08. The van der Waals surface area contributed by atoms with Crippen molar-refractivity contribution in [3.05, 3.63) is 22.7 Å². The summed E-state index contributed by atoms with van der Waals surface area (Å²) < 4.78 is 16.1. The Hall–Kier alpha value is -0.970. The van der Waals surface area contributed by atoms with Crippen LogP contribution in [0.15, 0.2) is 12.1 Å². The van der Waals surface area contributed by atoms with Crippen molar-refractivity contribution in [2.75, 3.05) is 20.8 Å². The normalized spacial score (nSPS) is 21.4.